The van der Waals surface area contributed by atoms with Gasteiger partial charge in [0.15, 0.2) is 0 Å². The zero-order chi connectivity index (χ0) is 39.4. The van der Waals surface area contributed by atoms with E-state index in [-0.39, 0.29) is 30.1 Å². The number of benzene rings is 2. The molecule has 9 rings (SSSR count). The highest BCUT2D eigenvalue weighted by atomic mass is 35.5. The maximum Gasteiger partial charge on any atom is 0.264 e. The second-order valence-electron chi connectivity index (χ2n) is 16.4. The summed E-state index contributed by atoms with van der Waals surface area (Å²) in [5, 5.41) is 3.90. The number of amides is 5. The summed E-state index contributed by atoms with van der Waals surface area (Å²) in [6, 6.07) is 14.1. The molecule has 1 spiro atoms. The van der Waals surface area contributed by atoms with Crippen molar-refractivity contribution < 1.29 is 24.0 Å². The SMILES string of the molecule is [C-]#[N+]c1ccc(N2CCC3(CCN(C(=O)c4ccc(N5CCN(C[C@H]6CCN(c7cccc8c7C(=O)N(C7CCC(=O)NC7=O)C8=O)C6)CC5)s4)CC3)C2)cc1Cl. The molecule has 6 aliphatic heterocycles. The third kappa shape index (κ3) is 7.04. The second kappa shape index (κ2) is 15.1. The normalized spacial score (nSPS) is 23.8. The molecule has 15 heteroatoms. The fourth-order valence-electron chi connectivity index (χ4n) is 9.78. The zero-order valence-corrected chi connectivity index (χ0v) is 33.3. The topological polar surface area (TPSA) is 121 Å². The maximum absolute atomic E-state index is 13.7. The minimum Gasteiger partial charge on any atom is -0.371 e. The number of halogens is 1. The molecular formula is C42H45ClN8O5S. The van der Waals surface area contributed by atoms with Crippen LogP contribution in [0.5, 0.6) is 0 Å². The Bertz CT molecular complexity index is 2190. The van der Waals surface area contributed by atoms with Gasteiger partial charge in [-0.25, -0.2) is 4.85 Å². The summed E-state index contributed by atoms with van der Waals surface area (Å²) in [6.07, 6.45) is 4.26. The Kier molecular flexibility index (Phi) is 9.95. The molecule has 6 aliphatic rings. The molecule has 0 bridgehead atoms. The van der Waals surface area contributed by atoms with Crippen molar-refractivity contribution in [3.8, 4) is 0 Å². The lowest BCUT2D eigenvalue weighted by molar-refractivity contribution is -0.136. The quantitative estimate of drug-likeness (QED) is 0.256. The van der Waals surface area contributed by atoms with Crippen molar-refractivity contribution in [2.45, 2.75) is 44.6 Å². The summed E-state index contributed by atoms with van der Waals surface area (Å²) in [6.45, 7) is 16.8. The van der Waals surface area contributed by atoms with Gasteiger partial charge >= 0.3 is 0 Å². The number of rotatable bonds is 7. The van der Waals surface area contributed by atoms with Crippen LogP contribution in [0.2, 0.25) is 5.02 Å². The number of nitrogens with zero attached hydrogens (tertiary/aromatic N) is 7. The lowest BCUT2D eigenvalue weighted by Gasteiger charge is -2.39. The Morgan fingerprint density at radius 3 is 2.42 bits per heavy atom. The maximum atomic E-state index is 13.7. The van der Waals surface area contributed by atoms with Crippen molar-refractivity contribution in [3.63, 3.8) is 0 Å². The molecule has 5 amide bonds. The number of piperidine rings is 2. The van der Waals surface area contributed by atoms with Gasteiger partial charge in [0.05, 0.1) is 33.3 Å². The van der Waals surface area contributed by atoms with Gasteiger partial charge in [0.25, 0.3) is 17.7 Å². The van der Waals surface area contributed by atoms with Gasteiger partial charge in [-0.15, -0.1) is 11.3 Å². The fourth-order valence-corrected chi connectivity index (χ4v) is 11.0. The number of imide groups is 2. The van der Waals surface area contributed by atoms with E-state index in [0.717, 1.165) is 124 Å². The number of anilines is 3. The predicted octanol–water partition coefficient (Wildman–Crippen LogP) is 5.13. The molecule has 296 valence electrons. The molecule has 0 radical (unpaired) electrons. The van der Waals surface area contributed by atoms with E-state index < -0.39 is 23.8 Å². The number of thiophene rings is 1. The molecule has 2 aromatic carbocycles. The number of carbonyl (C=O) groups is 5. The summed E-state index contributed by atoms with van der Waals surface area (Å²) < 4.78 is 0. The van der Waals surface area contributed by atoms with Crippen LogP contribution < -0.4 is 20.0 Å². The molecule has 5 fully saturated rings. The van der Waals surface area contributed by atoms with Crippen molar-refractivity contribution in [3.05, 3.63) is 81.0 Å². The van der Waals surface area contributed by atoms with Crippen LogP contribution in [0.1, 0.15) is 68.9 Å². The van der Waals surface area contributed by atoms with Gasteiger partial charge in [-0.05, 0) is 79.8 Å². The van der Waals surface area contributed by atoms with E-state index >= 15 is 0 Å². The van der Waals surface area contributed by atoms with Crippen LogP contribution in [0.4, 0.5) is 22.1 Å². The lowest BCUT2D eigenvalue weighted by Crippen LogP contribution is -2.54. The summed E-state index contributed by atoms with van der Waals surface area (Å²) >= 11 is 7.93. The van der Waals surface area contributed by atoms with E-state index in [2.05, 4.69) is 35.8 Å². The summed E-state index contributed by atoms with van der Waals surface area (Å²) in [4.78, 5) is 81.8. The van der Waals surface area contributed by atoms with Gasteiger partial charge in [-0.2, -0.15) is 0 Å². The average Bonchev–Trinajstić information content (AvgIpc) is 4.03. The van der Waals surface area contributed by atoms with E-state index in [0.29, 0.717) is 27.8 Å². The highest BCUT2D eigenvalue weighted by Crippen LogP contribution is 2.44. The molecule has 57 heavy (non-hydrogen) atoms. The number of fused-ring (bicyclic) bond motifs is 1. The van der Waals surface area contributed by atoms with Crippen LogP contribution in [0.25, 0.3) is 4.85 Å². The Balaban J connectivity index is 0.748. The summed E-state index contributed by atoms with van der Waals surface area (Å²) in [5.74, 6) is -1.40. The second-order valence-corrected chi connectivity index (χ2v) is 17.9. The third-order valence-corrected chi connectivity index (χ3v) is 14.5. The Hall–Kier alpha value is -4.97. The van der Waals surface area contributed by atoms with E-state index in [4.69, 9.17) is 18.2 Å². The Morgan fingerprint density at radius 1 is 0.877 bits per heavy atom. The third-order valence-electron chi connectivity index (χ3n) is 13.0. The number of nitrogens with one attached hydrogen (secondary N) is 1. The predicted molar refractivity (Wildman–Crippen MR) is 219 cm³/mol. The van der Waals surface area contributed by atoms with Crippen LogP contribution in [0.3, 0.4) is 0 Å². The van der Waals surface area contributed by atoms with Gasteiger partial charge in [-0.3, -0.25) is 39.1 Å². The first-order valence-corrected chi connectivity index (χ1v) is 21.2. The van der Waals surface area contributed by atoms with E-state index in [1.165, 1.54) is 0 Å². The number of hydrogen-bond acceptors (Lipinski definition) is 10. The molecule has 1 aromatic heterocycles. The van der Waals surface area contributed by atoms with E-state index in [1.54, 1.807) is 29.5 Å². The highest BCUT2D eigenvalue weighted by molar-refractivity contribution is 7.18. The van der Waals surface area contributed by atoms with Crippen molar-refractivity contribution >= 4 is 74.5 Å². The molecule has 5 saturated heterocycles. The fraction of sp³-hybridized carbons (Fsp3) is 0.476. The first-order chi connectivity index (χ1) is 27.6. The number of hydrogen-bond donors (Lipinski definition) is 1. The summed E-state index contributed by atoms with van der Waals surface area (Å²) in [5.41, 5.74) is 3.14. The van der Waals surface area contributed by atoms with Gasteiger partial charge in [-0.1, -0.05) is 23.7 Å². The van der Waals surface area contributed by atoms with Crippen molar-refractivity contribution in [2.75, 3.05) is 86.7 Å². The molecule has 0 aliphatic carbocycles. The number of likely N-dealkylation sites (tertiary alicyclic amines) is 1. The highest BCUT2D eigenvalue weighted by Gasteiger charge is 2.47. The van der Waals surface area contributed by atoms with Gasteiger partial charge in [0.1, 0.15) is 6.04 Å². The minimum absolute atomic E-state index is 0.0913. The Labute approximate surface area is 340 Å². The van der Waals surface area contributed by atoms with E-state index in [1.807, 2.05) is 29.2 Å². The molecule has 7 heterocycles. The average molecular weight is 809 g/mol. The van der Waals surface area contributed by atoms with Crippen molar-refractivity contribution in [2.24, 2.45) is 11.3 Å². The van der Waals surface area contributed by atoms with Gasteiger partial charge in [0, 0.05) is 89.1 Å². The largest absolute Gasteiger partial charge is 0.371 e. The first kappa shape index (κ1) is 37.6. The smallest absolute Gasteiger partial charge is 0.264 e. The molecule has 3 aromatic rings. The standard InChI is InChI=1S/C42H45ClN8O5S/c1-44-31-6-5-28(23-30(31)43)50-18-14-42(26-50)12-16-48(17-13-42)40(55)34-8-10-36(57-34)47-21-19-46(20-22-47)24-27-11-15-49(25-27)32-4-2-3-29-37(32)41(56)51(39(29)54)33-7-9-35(52)45-38(33)53/h2-6,8,10,23,27,33H,7,9,11-22,24-26H2,(H,45,52,53)/t27-,33?/m1/s1. The van der Waals surface area contributed by atoms with Crippen LogP contribution in [-0.4, -0.2) is 122 Å². The number of piperazine rings is 1. The van der Waals surface area contributed by atoms with Crippen molar-refractivity contribution in [1.82, 2.24) is 20.0 Å². The number of carbonyl (C=O) groups excluding carboxylic acids is 5. The molecule has 0 saturated carbocycles. The van der Waals surface area contributed by atoms with Crippen molar-refractivity contribution in [1.29, 1.82) is 0 Å². The zero-order valence-electron chi connectivity index (χ0n) is 31.8. The lowest BCUT2D eigenvalue weighted by atomic mass is 9.77. The molecule has 13 nitrogen and oxygen atoms in total. The van der Waals surface area contributed by atoms with E-state index in [9.17, 15) is 24.0 Å². The molecular weight excluding hydrogens is 764 g/mol. The minimum atomic E-state index is -0.981. The first-order valence-electron chi connectivity index (χ1n) is 20.0. The van der Waals surface area contributed by atoms with Crippen LogP contribution in [-0.2, 0) is 9.59 Å². The monoisotopic (exact) mass is 808 g/mol. The molecule has 1 unspecified atom stereocenters. The molecule has 1 N–H and O–H groups in total. The Morgan fingerprint density at radius 2 is 1.67 bits per heavy atom. The van der Waals surface area contributed by atoms with Crippen LogP contribution >= 0.6 is 22.9 Å². The van der Waals surface area contributed by atoms with Crippen LogP contribution in [0.15, 0.2) is 48.5 Å². The van der Waals surface area contributed by atoms with Crippen LogP contribution in [0, 0.1) is 17.9 Å². The molecule has 2 atom stereocenters. The van der Waals surface area contributed by atoms with Gasteiger partial charge in [0.2, 0.25) is 17.5 Å². The van der Waals surface area contributed by atoms with Gasteiger partial charge < -0.3 is 19.6 Å². The summed E-state index contributed by atoms with van der Waals surface area (Å²) in [7, 11) is 0.